The van der Waals surface area contributed by atoms with Crippen molar-refractivity contribution in [1.82, 2.24) is 5.32 Å². The second-order valence-corrected chi connectivity index (χ2v) is 5.87. The molecule has 1 aromatic carbocycles. The number of hydrogen-bond donors (Lipinski definition) is 1. The van der Waals surface area contributed by atoms with Crippen molar-refractivity contribution in [1.29, 1.82) is 0 Å². The largest absolute Gasteiger partial charge is 0.380 e. The first-order chi connectivity index (χ1) is 9.21. The third-order valence-electron chi connectivity index (χ3n) is 3.33. The maximum absolute atomic E-state index is 5.68. The van der Waals surface area contributed by atoms with Gasteiger partial charge in [-0.1, -0.05) is 48.3 Å². The molecule has 0 saturated heterocycles. The summed E-state index contributed by atoms with van der Waals surface area (Å²) < 4.78 is 6.82. The highest BCUT2D eigenvalue weighted by atomic mass is 79.9. The molecule has 0 aliphatic carbocycles. The fourth-order valence-electron chi connectivity index (χ4n) is 2.35. The lowest BCUT2D eigenvalue weighted by Gasteiger charge is -2.27. The third-order valence-corrected chi connectivity index (χ3v) is 3.82. The van der Waals surface area contributed by atoms with Gasteiger partial charge in [0.05, 0.1) is 6.10 Å². The molecule has 0 amide bonds. The van der Waals surface area contributed by atoms with Crippen molar-refractivity contribution in [3.05, 3.63) is 34.3 Å². The van der Waals surface area contributed by atoms with Crippen molar-refractivity contribution in [2.24, 2.45) is 0 Å². The van der Waals surface area contributed by atoms with Crippen LogP contribution >= 0.6 is 15.9 Å². The minimum absolute atomic E-state index is 0.288. The number of benzene rings is 1. The molecule has 1 N–H and O–H groups in total. The highest BCUT2D eigenvalue weighted by Gasteiger charge is 2.20. The van der Waals surface area contributed by atoms with Crippen molar-refractivity contribution in [2.75, 3.05) is 13.7 Å². The Morgan fingerprint density at radius 2 is 2.05 bits per heavy atom. The topological polar surface area (TPSA) is 21.3 Å². The van der Waals surface area contributed by atoms with Gasteiger partial charge in [-0.2, -0.15) is 0 Å². The minimum Gasteiger partial charge on any atom is -0.380 e. The molecule has 2 unspecified atom stereocenters. The monoisotopic (exact) mass is 327 g/mol. The van der Waals surface area contributed by atoms with Gasteiger partial charge >= 0.3 is 0 Å². The predicted octanol–water partition coefficient (Wildman–Crippen LogP) is 4.17. The Morgan fingerprint density at radius 3 is 2.63 bits per heavy atom. The van der Waals surface area contributed by atoms with Gasteiger partial charge in [-0.15, -0.1) is 0 Å². The van der Waals surface area contributed by atoms with E-state index in [4.69, 9.17) is 4.74 Å². The highest BCUT2D eigenvalue weighted by molar-refractivity contribution is 9.10. The van der Waals surface area contributed by atoms with Crippen LogP contribution in [0.3, 0.4) is 0 Å². The van der Waals surface area contributed by atoms with E-state index in [1.54, 1.807) is 0 Å². The van der Waals surface area contributed by atoms with Crippen molar-refractivity contribution in [2.45, 2.75) is 51.7 Å². The summed E-state index contributed by atoms with van der Waals surface area (Å²) in [5.74, 6) is 0. The quantitative estimate of drug-likeness (QED) is 0.734. The second kappa shape index (κ2) is 9.51. The molecule has 0 radical (unpaired) electrons. The van der Waals surface area contributed by atoms with Crippen molar-refractivity contribution in [3.63, 3.8) is 0 Å². The molecule has 0 bridgehead atoms. The maximum Gasteiger partial charge on any atom is 0.0727 e. The SMILES string of the molecule is CCCNC(Cc1cccc(Br)c1)C(CCC)OC. The van der Waals surface area contributed by atoms with Crippen molar-refractivity contribution >= 4 is 15.9 Å². The van der Waals surface area contributed by atoms with Gasteiger partial charge in [-0.05, 0) is 43.5 Å². The molecular formula is C16H26BrNO. The van der Waals surface area contributed by atoms with E-state index in [0.717, 1.165) is 36.7 Å². The lowest BCUT2D eigenvalue weighted by Crippen LogP contribution is -2.43. The van der Waals surface area contributed by atoms with E-state index in [-0.39, 0.29) is 6.10 Å². The first-order valence-electron chi connectivity index (χ1n) is 7.21. The van der Waals surface area contributed by atoms with Crippen molar-refractivity contribution in [3.8, 4) is 0 Å². The standard InChI is InChI=1S/C16H26BrNO/c1-4-7-16(19-3)15(18-10-5-2)12-13-8-6-9-14(17)11-13/h6,8-9,11,15-16,18H,4-5,7,10,12H2,1-3H3. The summed E-state index contributed by atoms with van der Waals surface area (Å²) in [5, 5.41) is 3.63. The molecule has 1 aromatic rings. The second-order valence-electron chi connectivity index (χ2n) is 4.96. The Kier molecular flexibility index (Phi) is 8.35. The van der Waals surface area contributed by atoms with Gasteiger partial charge in [0, 0.05) is 17.6 Å². The van der Waals surface area contributed by atoms with E-state index in [9.17, 15) is 0 Å². The van der Waals surface area contributed by atoms with Crippen LogP contribution in [0.2, 0.25) is 0 Å². The van der Waals surface area contributed by atoms with E-state index >= 15 is 0 Å². The smallest absolute Gasteiger partial charge is 0.0727 e. The molecule has 2 nitrogen and oxygen atoms in total. The minimum atomic E-state index is 0.288. The van der Waals surface area contributed by atoms with Gasteiger partial charge in [0.1, 0.15) is 0 Å². The van der Waals surface area contributed by atoms with Gasteiger partial charge in [0.2, 0.25) is 0 Å². The van der Waals surface area contributed by atoms with Gasteiger partial charge in [-0.25, -0.2) is 0 Å². The number of rotatable bonds is 9. The third kappa shape index (κ3) is 6.07. The maximum atomic E-state index is 5.68. The van der Waals surface area contributed by atoms with Crippen LogP contribution in [0, 0.1) is 0 Å². The summed E-state index contributed by atoms with van der Waals surface area (Å²) in [4.78, 5) is 0. The first-order valence-corrected chi connectivity index (χ1v) is 8.01. The summed E-state index contributed by atoms with van der Waals surface area (Å²) in [6.45, 7) is 5.45. The summed E-state index contributed by atoms with van der Waals surface area (Å²) in [6.07, 6.45) is 4.71. The fraction of sp³-hybridized carbons (Fsp3) is 0.625. The summed E-state index contributed by atoms with van der Waals surface area (Å²) >= 11 is 3.54. The van der Waals surface area contributed by atoms with Gasteiger partial charge in [0.15, 0.2) is 0 Å². The molecule has 0 aliphatic rings. The van der Waals surface area contributed by atoms with Crippen LogP contribution in [0.4, 0.5) is 0 Å². The first kappa shape index (κ1) is 16.7. The molecule has 0 spiro atoms. The van der Waals surface area contributed by atoms with Crippen LogP contribution in [0.15, 0.2) is 28.7 Å². The predicted molar refractivity (Wildman–Crippen MR) is 85.6 cm³/mol. The number of nitrogens with one attached hydrogen (secondary N) is 1. The molecule has 19 heavy (non-hydrogen) atoms. The van der Waals surface area contributed by atoms with Gasteiger partial charge < -0.3 is 10.1 Å². The molecule has 0 aliphatic heterocycles. The lowest BCUT2D eigenvalue weighted by atomic mass is 9.98. The number of ether oxygens (including phenoxy) is 1. The Balaban J connectivity index is 2.72. The zero-order valence-electron chi connectivity index (χ0n) is 12.3. The molecule has 3 heteroatoms. The molecule has 0 heterocycles. The molecule has 1 rings (SSSR count). The van der Waals surface area contributed by atoms with Crippen LogP contribution < -0.4 is 5.32 Å². The molecule has 108 valence electrons. The molecule has 2 atom stereocenters. The molecule has 0 aromatic heterocycles. The number of halogens is 1. The lowest BCUT2D eigenvalue weighted by molar-refractivity contribution is 0.0609. The zero-order chi connectivity index (χ0) is 14.1. The van der Waals surface area contributed by atoms with E-state index < -0.39 is 0 Å². The fourth-order valence-corrected chi connectivity index (χ4v) is 2.80. The molecule has 0 fully saturated rings. The van der Waals surface area contributed by atoms with Crippen LogP contribution in [-0.4, -0.2) is 25.8 Å². The Hall–Kier alpha value is -0.380. The Labute approximate surface area is 126 Å². The average Bonchev–Trinajstić information content (AvgIpc) is 2.41. The molecular weight excluding hydrogens is 302 g/mol. The van der Waals surface area contributed by atoms with Crippen LogP contribution in [-0.2, 0) is 11.2 Å². The highest BCUT2D eigenvalue weighted by Crippen LogP contribution is 2.16. The van der Waals surface area contributed by atoms with E-state index in [1.807, 2.05) is 7.11 Å². The number of hydrogen-bond acceptors (Lipinski definition) is 2. The summed E-state index contributed by atoms with van der Waals surface area (Å²) in [7, 11) is 1.82. The van der Waals surface area contributed by atoms with Gasteiger partial charge in [-0.3, -0.25) is 0 Å². The Morgan fingerprint density at radius 1 is 1.26 bits per heavy atom. The van der Waals surface area contributed by atoms with E-state index in [2.05, 4.69) is 59.4 Å². The van der Waals surface area contributed by atoms with Crippen LogP contribution in [0.25, 0.3) is 0 Å². The number of methoxy groups -OCH3 is 1. The van der Waals surface area contributed by atoms with Crippen molar-refractivity contribution < 1.29 is 4.74 Å². The summed E-state index contributed by atoms with van der Waals surface area (Å²) in [6, 6.07) is 8.93. The zero-order valence-corrected chi connectivity index (χ0v) is 13.9. The Bertz CT molecular complexity index is 356. The average molecular weight is 328 g/mol. The molecule has 0 saturated carbocycles. The normalized spacial score (nSPS) is 14.3. The van der Waals surface area contributed by atoms with E-state index in [0.29, 0.717) is 6.04 Å². The van der Waals surface area contributed by atoms with Crippen LogP contribution in [0.1, 0.15) is 38.7 Å². The van der Waals surface area contributed by atoms with E-state index in [1.165, 1.54) is 5.56 Å². The van der Waals surface area contributed by atoms with Crippen LogP contribution in [0.5, 0.6) is 0 Å². The summed E-state index contributed by atoms with van der Waals surface area (Å²) in [5.41, 5.74) is 1.35. The van der Waals surface area contributed by atoms with Gasteiger partial charge in [0.25, 0.3) is 0 Å².